The monoisotopic (exact) mass is 408 g/mol. The molecule has 4 nitrogen and oxygen atoms in total. The third-order valence-corrected chi connectivity index (χ3v) is 3.87. The summed E-state index contributed by atoms with van der Waals surface area (Å²) in [7, 11) is 0. The van der Waals surface area contributed by atoms with Gasteiger partial charge in [0.05, 0.1) is 12.7 Å². The highest BCUT2D eigenvalue weighted by Crippen LogP contribution is 2.14. The maximum Gasteiger partial charge on any atom is 0.286 e. The summed E-state index contributed by atoms with van der Waals surface area (Å²) in [6, 6.07) is 11.5. The van der Waals surface area contributed by atoms with Gasteiger partial charge in [-0.25, -0.2) is 4.57 Å². The summed E-state index contributed by atoms with van der Waals surface area (Å²) < 4.78 is 3.20. The molecule has 0 aliphatic carbocycles. The molecule has 1 aromatic carbocycles. The van der Waals surface area contributed by atoms with Crippen LogP contribution in [0.1, 0.15) is 19.0 Å². The second-order valence-electron chi connectivity index (χ2n) is 4.81. The Bertz CT molecular complexity index is 626. The lowest BCUT2D eigenvalue weighted by Crippen LogP contribution is -2.33. The van der Waals surface area contributed by atoms with Crippen LogP contribution in [-0.4, -0.2) is 15.3 Å². The molecule has 2 rings (SSSR count). The van der Waals surface area contributed by atoms with Crippen LogP contribution < -0.4 is 9.47 Å². The zero-order chi connectivity index (χ0) is 15.8. The van der Waals surface area contributed by atoms with Gasteiger partial charge in [-0.15, -0.1) is 0 Å². The number of benzene rings is 1. The van der Waals surface area contributed by atoms with E-state index in [9.17, 15) is 4.79 Å². The maximum absolute atomic E-state index is 11.8. The average molecular weight is 408 g/mol. The van der Waals surface area contributed by atoms with Crippen molar-refractivity contribution in [2.45, 2.75) is 19.9 Å². The number of halogens is 1. The summed E-state index contributed by atoms with van der Waals surface area (Å²) in [6.45, 7) is 2.53. The largest absolute Gasteiger partial charge is 0.288 e. The van der Waals surface area contributed by atoms with E-state index in [0.29, 0.717) is 0 Å². The van der Waals surface area contributed by atoms with Crippen molar-refractivity contribution in [3.05, 3.63) is 60.8 Å². The minimum absolute atomic E-state index is 0.0320. The van der Waals surface area contributed by atoms with Gasteiger partial charge in [-0.05, 0) is 23.5 Å². The number of alkyl halides is 1. The van der Waals surface area contributed by atoms with Crippen LogP contribution in [-0.2, 0) is 11.3 Å². The van der Waals surface area contributed by atoms with Crippen LogP contribution in [0, 0.1) is 0 Å². The lowest BCUT2D eigenvalue weighted by atomic mass is 10.3. The van der Waals surface area contributed by atoms with Crippen LogP contribution in [0.5, 0.6) is 0 Å². The number of para-hydroxylation sites is 1. The lowest BCUT2D eigenvalue weighted by molar-refractivity contribution is -0.699. The number of aromatic nitrogens is 2. The first kappa shape index (κ1) is 16.6. The predicted molar refractivity (Wildman–Crippen MR) is 96.6 cm³/mol. The van der Waals surface area contributed by atoms with Crippen LogP contribution in [0.2, 0.25) is 0 Å². The van der Waals surface area contributed by atoms with Gasteiger partial charge in [0.1, 0.15) is 0 Å². The van der Waals surface area contributed by atoms with E-state index in [1.807, 2.05) is 55.0 Å². The van der Waals surface area contributed by atoms with Gasteiger partial charge < -0.3 is 0 Å². The van der Waals surface area contributed by atoms with Crippen molar-refractivity contribution in [2.24, 2.45) is 0 Å². The molecule has 0 atom stereocenters. The van der Waals surface area contributed by atoms with Crippen LogP contribution in [0.25, 0.3) is 6.08 Å². The molecular formula is C17H19IN3O+. The van der Waals surface area contributed by atoms with Crippen LogP contribution >= 0.6 is 22.6 Å². The normalized spacial score (nSPS) is 10.8. The zero-order valence-electron chi connectivity index (χ0n) is 12.5. The smallest absolute Gasteiger partial charge is 0.286 e. The Hall–Kier alpha value is -1.76. The van der Waals surface area contributed by atoms with Gasteiger partial charge in [0.25, 0.3) is 6.33 Å². The molecule has 1 heterocycles. The predicted octanol–water partition coefficient (Wildman–Crippen LogP) is 3.22. The Morgan fingerprint density at radius 2 is 2.09 bits per heavy atom. The third kappa shape index (κ3) is 4.91. The summed E-state index contributed by atoms with van der Waals surface area (Å²) >= 11 is 2.37. The van der Waals surface area contributed by atoms with Crippen molar-refractivity contribution in [1.29, 1.82) is 0 Å². The Morgan fingerprint density at radius 3 is 2.68 bits per heavy atom. The summed E-state index contributed by atoms with van der Waals surface area (Å²) in [5, 5.41) is 0. The molecule has 0 aliphatic heterocycles. The molecular weight excluding hydrogens is 389 g/mol. The van der Waals surface area contributed by atoms with Gasteiger partial charge in [-0.2, -0.15) is 0 Å². The second kappa shape index (κ2) is 8.63. The molecule has 0 aliphatic rings. The summed E-state index contributed by atoms with van der Waals surface area (Å²) in [4.78, 5) is 17.8. The van der Waals surface area contributed by atoms with Gasteiger partial charge in [-0.3, -0.25) is 9.69 Å². The minimum atomic E-state index is -0.0320. The number of hydrogen-bond donors (Lipinski definition) is 0. The Kier molecular flexibility index (Phi) is 6.51. The number of hydrogen-bond acceptors (Lipinski definition) is 2. The molecule has 0 unspecified atom stereocenters. The Morgan fingerprint density at radius 1 is 1.32 bits per heavy atom. The van der Waals surface area contributed by atoms with Gasteiger partial charge in [0.15, 0.2) is 5.69 Å². The summed E-state index contributed by atoms with van der Waals surface area (Å²) in [5.41, 5.74) is 1.67. The number of anilines is 1. The van der Waals surface area contributed by atoms with Crippen molar-refractivity contribution >= 4 is 40.3 Å². The number of nitrogens with zero attached hydrogens (tertiary/aromatic N) is 3. The standard InChI is InChI=1S/C17H19IN3O/c1-15(22)21(17-6-3-2-4-7-17)13-9-16-8-12-20(14-19-16)11-5-10-18/h2-4,6-9,12-14H,5,10-11H2,1H3/q+1. The molecule has 0 N–H and O–H groups in total. The van der Waals surface area contributed by atoms with E-state index in [1.54, 1.807) is 18.0 Å². The SMILES string of the molecule is CC(=O)N(/C=C/c1cc[n+](CCCI)cn1)c1ccccc1. The van der Waals surface area contributed by atoms with E-state index >= 15 is 0 Å². The average Bonchev–Trinajstić information content (AvgIpc) is 2.55. The van der Waals surface area contributed by atoms with Crippen LogP contribution in [0.4, 0.5) is 5.69 Å². The van der Waals surface area contributed by atoms with E-state index in [1.165, 1.54) is 0 Å². The first-order chi connectivity index (χ1) is 10.7. The number of rotatable bonds is 6. The molecule has 22 heavy (non-hydrogen) atoms. The van der Waals surface area contributed by atoms with Crippen molar-refractivity contribution < 1.29 is 9.36 Å². The van der Waals surface area contributed by atoms with Gasteiger partial charge in [-0.1, -0.05) is 40.8 Å². The molecule has 0 bridgehead atoms. The highest BCUT2D eigenvalue weighted by Gasteiger charge is 2.08. The van der Waals surface area contributed by atoms with E-state index in [2.05, 4.69) is 32.1 Å². The van der Waals surface area contributed by atoms with E-state index < -0.39 is 0 Å². The highest BCUT2D eigenvalue weighted by molar-refractivity contribution is 14.1. The molecule has 0 radical (unpaired) electrons. The summed E-state index contributed by atoms with van der Waals surface area (Å²) in [6.07, 6.45) is 8.58. The molecule has 0 saturated carbocycles. The summed E-state index contributed by atoms with van der Waals surface area (Å²) in [5.74, 6) is -0.0320. The second-order valence-corrected chi connectivity index (χ2v) is 5.88. The van der Waals surface area contributed by atoms with Crippen molar-refractivity contribution in [2.75, 3.05) is 9.33 Å². The third-order valence-electron chi connectivity index (χ3n) is 3.11. The number of carbonyl (C=O) groups is 1. The fourth-order valence-electron chi connectivity index (χ4n) is 1.98. The first-order valence-electron chi connectivity index (χ1n) is 7.15. The van der Waals surface area contributed by atoms with Crippen molar-refractivity contribution in [3.8, 4) is 0 Å². The fraction of sp³-hybridized carbons (Fsp3) is 0.235. The Balaban J connectivity index is 2.10. The molecule has 0 spiro atoms. The van der Waals surface area contributed by atoms with Gasteiger partial charge in [0.2, 0.25) is 5.91 Å². The molecule has 2 aromatic rings. The van der Waals surface area contributed by atoms with Crippen LogP contribution in [0.3, 0.4) is 0 Å². The van der Waals surface area contributed by atoms with Crippen molar-refractivity contribution in [1.82, 2.24) is 4.98 Å². The zero-order valence-corrected chi connectivity index (χ0v) is 14.7. The van der Waals surface area contributed by atoms with E-state index in [0.717, 1.165) is 28.8 Å². The molecule has 1 amide bonds. The molecule has 114 valence electrons. The number of carbonyl (C=O) groups excluding carboxylic acids is 1. The van der Waals surface area contributed by atoms with Crippen molar-refractivity contribution in [3.63, 3.8) is 0 Å². The first-order valence-corrected chi connectivity index (χ1v) is 8.67. The number of aryl methyl sites for hydroxylation is 1. The topological polar surface area (TPSA) is 37.1 Å². The molecule has 0 saturated heterocycles. The lowest BCUT2D eigenvalue weighted by Gasteiger charge is -2.15. The van der Waals surface area contributed by atoms with Gasteiger partial charge in [0, 0.05) is 35.4 Å². The van der Waals surface area contributed by atoms with Gasteiger partial charge >= 0.3 is 0 Å². The quantitative estimate of drug-likeness (QED) is 0.418. The molecule has 0 fully saturated rings. The Labute approximate surface area is 144 Å². The number of amides is 1. The fourth-order valence-corrected chi connectivity index (χ4v) is 2.32. The highest BCUT2D eigenvalue weighted by atomic mass is 127. The van der Waals surface area contributed by atoms with Crippen LogP contribution in [0.15, 0.2) is 55.1 Å². The van der Waals surface area contributed by atoms with E-state index in [4.69, 9.17) is 0 Å². The molecule has 1 aromatic heterocycles. The van der Waals surface area contributed by atoms with E-state index in [-0.39, 0.29) is 5.91 Å². The maximum atomic E-state index is 11.8. The molecule has 5 heteroatoms. The minimum Gasteiger partial charge on any atom is -0.288 e.